The van der Waals surface area contributed by atoms with Crippen LogP contribution in [0.25, 0.3) is 0 Å². The molecule has 0 unspecified atom stereocenters. The molecular weight excluding hydrogens is 235 g/mol. The van der Waals surface area contributed by atoms with Crippen molar-refractivity contribution < 1.29 is 13.9 Å². The summed E-state index contributed by atoms with van der Waals surface area (Å²) in [5.41, 5.74) is 6.31. The van der Waals surface area contributed by atoms with Crippen molar-refractivity contribution >= 4 is 5.91 Å². The van der Waals surface area contributed by atoms with Crippen LogP contribution in [-0.2, 0) is 4.79 Å². The maximum Gasteiger partial charge on any atom is 0.258 e. The number of nitrogens with one attached hydrogen (secondary N) is 1. The molecule has 1 rings (SSSR count). The van der Waals surface area contributed by atoms with Gasteiger partial charge in [0.15, 0.2) is 18.2 Å². The number of halogens is 1. The van der Waals surface area contributed by atoms with Crippen LogP contribution in [0.1, 0.15) is 18.5 Å². The van der Waals surface area contributed by atoms with Gasteiger partial charge in [-0.25, -0.2) is 4.39 Å². The first-order valence-electron chi connectivity index (χ1n) is 5.60. The Morgan fingerprint density at radius 1 is 1.67 bits per heavy atom. The lowest BCUT2D eigenvalue weighted by Gasteiger charge is -2.10. The van der Waals surface area contributed by atoms with Gasteiger partial charge in [0, 0.05) is 12.6 Å². The Morgan fingerprint density at radius 3 is 2.94 bits per heavy atom. The average molecular weight is 252 g/mol. The fourth-order valence-corrected chi connectivity index (χ4v) is 1.30. The Kier molecular flexibility index (Phi) is 5.32. The minimum atomic E-state index is -0.527. The molecule has 0 aliphatic carbocycles. The van der Waals surface area contributed by atoms with Gasteiger partial charge in [-0.2, -0.15) is 0 Å². The van der Waals surface area contributed by atoms with Gasteiger partial charge in [0.05, 0.1) is 0 Å². The third kappa shape index (κ3) is 4.18. The summed E-state index contributed by atoms with van der Waals surface area (Å²) in [4.78, 5) is 11.2. The van der Waals surface area contributed by atoms with Crippen LogP contribution in [-0.4, -0.2) is 19.1 Å². The normalized spacial score (nSPS) is 11.7. The van der Waals surface area contributed by atoms with Gasteiger partial charge in [0.2, 0.25) is 0 Å². The van der Waals surface area contributed by atoms with E-state index >= 15 is 0 Å². The molecule has 3 N–H and O–H groups in total. The van der Waals surface area contributed by atoms with E-state index in [0.29, 0.717) is 12.1 Å². The third-order valence-corrected chi connectivity index (χ3v) is 2.28. The highest BCUT2D eigenvalue weighted by atomic mass is 19.1. The number of hydrogen-bond acceptors (Lipinski definition) is 3. The topological polar surface area (TPSA) is 64.3 Å². The zero-order valence-corrected chi connectivity index (χ0v) is 10.3. The molecule has 0 fully saturated rings. The van der Waals surface area contributed by atoms with Gasteiger partial charge in [-0.1, -0.05) is 12.1 Å². The molecular formula is C13H17FN2O2. The lowest BCUT2D eigenvalue weighted by molar-refractivity contribution is -0.122. The summed E-state index contributed by atoms with van der Waals surface area (Å²) in [7, 11) is 0. The molecule has 0 saturated heterocycles. The second-order valence-corrected chi connectivity index (χ2v) is 3.86. The van der Waals surface area contributed by atoms with Crippen molar-refractivity contribution in [2.24, 2.45) is 5.73 Å². The second-order valence-electron chi connectivity index (χ2n) is 3.86. The summed E-state index contributed by atoms with van der Waals surface area (Å²) in [5.74, 6) is -0.819. The highest BCUT2D eigenvalue weighted by molar-refractivity contribution is 5.77. The van der Waals surface area contributed by atoms with Crippen molar-refractivity contribution in [3.8, 4) is 5.75 Å². The Labute approximate surface area is 106 Å². The number of carbonyl (C=O) groups excluding carboxylic acids is 1. The van der Waals surface area contributed by atoms with Crippen molar-refractivity contribution in [2.45, 2.75) is 13.0 Å². The van der Waals surface area contributed by atoms with Crippen LogP contribution < -0.4 is 15.8 Å². The van der Waals surface area contributed by atoms with Crippen LogP contribution in [0.3, 0.4) is 0 Å². The van der Waals surface area contributed by atoms with Gasteiger partial charge < -0.3 is 15.8 Å². The molecule has 4 nitrogen and oxygen atoms in total. The fourth-order valence-electron chi connectivity index (χ4n) is 1.30. The smallest absolute Gasteiger partial charge is 0.258 e. The highest BCUT2D eigenvalue weighted by Crippen LogP contribution is 2.20. The molecule has 1 atom stereocenters. The molecule has 18 heavy (non-hydrogen) atoms. The van der Waals surface area contributed by atoms with Crippen molar-refractivity contribution in [2.75, 3.05) is 13.2 Å². The second kappa shape index (κ2) is 6.76. The van der Waals surface area contributed by atoms with Gasteiger partial charge >= 0.3 is 0 Å². The quantitative estimate of drug-likeness (QED) is 0.755. The summed E-state index contributed by atoms with van der Waals surface area (Å²) in [6.07, 6.45) is 1.55. The minimum Gasteiger partial charge on any atom is -0.481 e. The van der Waals surface area contributed by atoms with Crippen molar-refractivity contribution in [3.05, 3.63) is 42.2 Å². The van der Waals surface area contributed by atoms with Crippen LogP contribution in [0.4, 0.5) is 4.39 Å². The third-order valence-electron chi connectivity index (χ3n) is 2.28. The Hall–Kier alpha value is -1.88. The number of hydrogen-bond donors (Lipinski definition) is 2. The minimum absolute atomic E-state index is 0.0353. The van der Waals surface area contributed by atoms with Gasteiger partial charge in [-0.15, -0.1) is 6.58 Å². The number of carbonyl (C=O) groups is 1. The molecule has 0 heterocycles. The Balaban J connectivity index is 2.57. The Bertz CT molecular complexity index is 433. The van der Waals surface area contributed by atoms with Gasteiger partial charge in [0.1, 0.15) is 0 Å². The van der Waals surface area contributed by atoms with E-state index in [1.165, 1.54) is 12.1 Å². The van der Waals surface area contributed by atoms with E-state index in [2.05, 4.69) is 11.9 Å². The predicted molar refractivity (Wildman–Crippen MR) is 67.7 cm³/mol. The van der Waals surface area contributed by atoms with Crippen LogP contribution >= 0.6 is 0 Å². The van der Waals surface area contributed by atoms with Crippen molar-refractivity contribution in [1.82, 2.24) is 5.32 Å². The van der Waals surface area contributed by atoms with Gasteiger partial charge in [-0.05, 0) is 24.6 Å². The lowest BCUT2D eigenvalue weighted by atomic mass is 10.1. The van der Waals surface area contributed by atoms with Crippen molar-refractivity contribution in [1.29, 1.82) is 0 Å². The summed E-state index contributed by atoms with van der Waals surface area (Å²) >= 11 is 0. The molecule has 0 bridgehead atoms. The molecule has 0 aliphatic heterocycles. The van der Waals surface area contributed by atoms with E-state index in [-0.39, 0.29) is 24.3 Å². The zero-order valence-electron chi connectivity index (χ0n) is 10.3. The average Bonchev–Trinajstić information content (AvgIpc) is 2.34. The number of amides is 1. The van der Waals surface area contributed by atoms with E-state index in [9.17, 15) is 9.18 Å². The maximum absolute atomic E-state index is 13.6. The first-order chi connectivity index (χ1) is 8.54. The van der Waals surface area contributed by atoms with Crippen LogP contribution in [0, 0.1) is 5.82 Å². The molecule has 0 aromatic heterocycles. The molecule has 0 spiro atoms. The number of nitrogens with two attached hydrogens (primary N) is 1. The number of ether oxygens (including phenoxy) is 1. The summed E-state index contributed by atoms with van der Waals surface area (Å²) in [5, 5.41) is 2.53. The van der Waals surface area contributed by atoms with Crippen LogP contribution in [0.15, 0.2) is 30.9 Å². The van der Waals surface area contributed by atoms with Crippen LogP contribution in [0.5, 0.6) is 5.75 Å². The Morgan fingerprint density at radius 2 is 2.39 bits per heavy atom. The number of benzene rings is 1. The first-order valence-corrected chi connectivity index (χ1v) is 5.60. The van der Waals surface area contributed by atoms with Crippen molar-refractivity contribution in [3.63, 3.8) is 0 Å². The standard InChI is InChI=1S/C13H17FN2O2/c1-3-6-16-13(17)8-18-12-5-4-10(9(2)15)7-11(12)14/h3-5,7,9H,1,6,8,15H2,2H3,(H,16,17)/t9-/m1/s1. The van der Waals surface area contributed by atoms with E-state index < -0.39 is 5.82 Å². The predicted octanol–water partition coefficient (Wildman–Crippen LogP) is 1.53. The molecule has 1 aromatic rings. The molecule has 0 radical (unpaired) electrons. The molecule has 0 aliphatic rings. The SMILES string of the molecule is C=CCNC(=O)COc1ccc([C@@H](C)N)cc1F. The summed E-state index contributed by atoms with van der Waals surface area (Å²) < 4.78 is 18.7. The molecule has 5 heteroatoms. The zero-order chi connectivity index (χ0) is 13.5. The van der Waals surface area contributed by atoms with Gasteiger partial charge in [-0.3, -0.25) is 4.79 Å². The molecule has 0 saturated carbocycles. The van der Waals surface area contributed by atoms with Gasteiger partial charge in [0.25, 0.3) is 5.91 Å². The van der Waals surface area contributed by atoms with E-state index in [0.717, 1.165) is 0 Å². The van der Waals surface area contributed by atoms with E-state index in [4.69, 9.17) is 10.5 Å². The lowest BCUT2D eigenvalue weighted by Crippen LogP contribution is -2.28. The van der Waals surface area contributed by atoms with E-state index in [1.54, 1.807) is 19.1 Å². The molecule has 1 aromatic carbocycles. The maximum atomic E-state index is 13.6. The van der Waals surface area contributed by atoms with Crippen LogP contribution in [0.2, 0.25) is 0 Å². The monoisotopic (exact) mass is 252 g/mol. The van der Waals surface area contributed by atoms with E-state index in [1.807, 2.05) is 0 Å². The molecule has 98 valence electrons. The number of rotatable bonds is 6. The molecule has 1 amide bonds. The highest BCUT2D eigenvalue weighted by Gasteiger charge is 2.09. The summed E-state index contributed by atoms with van der Waals surface area (Å²) in [6.45, 7) is 5.35. The summed E-state index contributed by atoms with van der Waals surface area (Å²) in [6, 6.07) is 4.20. The first kappa shape index (κ1) is 14.2. The fraction of sp³-hybridized carbons (Fsp3) is 0.308. The largest absolute Gasteiger partial charge is 0.481 e.